The van der Waals surface area contributed by atoms with E-state index in [2.05, 4.69) is 29.3 Å². The van der Waals surface area contributed by atoms with Crippen molar-refractivity contribution in [3.8, 4) is 5.69 Å². The van der Waals surface area contributed by atoms with Crippen molar-refractivity contribution in [2.24, 2.45) is 0 Å². The highest BCUT2D eigenvalue weighted by molar-refractivity contribution is 7.99. The zero-order valence-electron chi connectivity index (χ0n) is 17.0. The molecule has 0 aliphatic carbocycles. The van der Waals surface area contributed by atoms with Crippen LogP contribution in [0.3, 0.4) is 0 Å². The Morgan fingerprint density at radius 3 is 2.60 bits per heavy atom. The molecule has 0 spiro atoms. The fourth-order valence-electron chi connectivity index (χ4n) is 3.81. The molecule has 1 unspecified atom stereocenters. The Balaban J connectivity index is 1.57. The Morgan fingerprint density at radius 2 is 1.87 bits per heavy atom. The molecule has 0 radical (unpaired) electrons. The standard InChI is InChI=1S/C23H25ClN4OS/c1-17-7-5-6-14-27(17)22(29)16-30-23-26-25-21(15-18-8-3-2-4-9-18)28(23)20-12-10-19(24)11-13-20/h2-4,8-13,17H,5-7,14-16H2,1H3. The van der Waals surface area contributed by atoms with Gasteiger partial charge in [-0.25, -0.2) is 0 Å². The Bertz CT molecular complexity index is 990. The SMILES string of the molecule is CC1CCCCN1C(=O)CSc1nnc(Cc2ccccc2)n1-c1ccc(Cl)cc1. The normalized spacial score (nSPS) is 16.6. The zero-order valence-corrected chi connectivity index (χ0v) is 18.6. The van der Waals surface area contributed by atoms with E-state index in [1.54, 1.807) is 0 Å². The van der Waals surface area contributed by atoms with Crippen molar-refractivity contribution >= 4 is 29.3 Å². The number of rotatable bonds is 6. The van der Waals surface area contributed by atoms with E-state index in [9.17, 15) is 4.79 Å². The number of likely N-dealkylation sites (tertiary alicyclic amines) is 1. The van der Waals surface area contributed by atoms with E-state index >= 15 is 0 Å². The predicted octanol–water partition coefficient (Wildman–Crippen LogP) is 5.00. The molecular weight excluding hydrogens is 416 g/mol. The van der Waals surface area contributed by atoms with Gasteiger partial charge in [0, 0.05) is 29.7 Å². The van der Waals surface area contributed by atoms with Crippen molar-refractivity contribution < 1.29 is 4.79 Å². The molecule has 1 saturated heterocycles. The maximum absolute atomic E-state index is 12.8. The fourth-order valence-corrected chi connectivity index (χ4v) is 4.80. The van der Waals surface area contributed by atoms with Gasteiger partial charge >= 0.3 is 0 Å². The molecule has 0 N–H and O–H groups in total. The summed E-state index contributed by atoms with van der Waals surface area (Å²) in [4.78, 5) is 14.8. The molecule has 5 nitrogen and oxygen atoms in total. The Morgan fingerprint density at radius 1 is 1.10 bits per heavy atom. The topological polar surface area (TPSA) is 51.0 Å². The molecule has 30 heavy (non-hydrogen) atoms. The lowest BCUT2D eigenvalue weighted by Crippen LogP contribution is -2.42. The van der Waals surface area contributed by atoms with Gasteiger partial charge in [0.2, 0.25) is 5.91 Å². The van der Waals surface area contributed by atoms with Crippen LogP contribution in [-0.4, -0.2) is 43.9 Å². The predicted molar refractivity (Wildman–Crippen MR) is 121 cm³/mol. The Hall–Kier alpha value is -2.31. The minimum absolute atomic E-state index is 0.169. The van der Waals surface area contributed by atoms with Crippen molar-refractivity contribution in [2.45, 2.75) is 43.8 Å². The second-order valence-corrected chi connectivity index (χ2v) is 8.97. The summed E-state index contributed by atoms with van der Waals surface area (Å²) in [5.74, 6) is 1.37. The van der Waals surface area contributed by atoms with Crippen LogP contribution in [0.4, 0.5) is 0 Å². The molecule has 0 bridgehead atoms. The van der Waals surface area contributed by atoms with Gasteiger partial charge in [-0.1, -0.05) is 53.7 Å². The van der Waals surface area contributed by atoms with Crippen molar-refractivity contribution in [3.05, 3.63) is 71.0 Å². The molecule has 0 saturated carbocycles. The molecule has 1 aliphatic rings. The van der Waals surface area contributed by atoms with Crippen LogP contribution >= 0.6 is 23.4 Å². The van der Waals surface area contributed by atoms with E-state index < -0.39 is 0 Å². The summed E-state index contributed by atoms with van der Waals surface area (Å²) in [7, 11) is 0. The first-order valence-corrected chi connectivity index (χ1v) is 11.6. The summed E-state index contributed by atoms with van der Waals surface area (Å²) in [6, 6.07) is 18.1. The molecule has 7 heteroatoms. The van der Waals surface area contributed by atoms with Crippen molar-refractivity contribution in [3.63, 3.8) is 0 Å². The van der Waals surface area contributed by atoms with E-state index in [-0.39, 0.29) is 5.91 Å². The zero-order chi connectivity index (χ0) is 20.9. The highest BCUT2D eigenvalue weighted by Gasteiger charge is 2.24. The van der Waals surface area contributed by atoms with E-state index in [0.717, 1.165) is 41.6 Å². The van der Waals surface area contributed by atoms with E-state index in [0.29, 0.717) is 23.2 Å². The summed E-state index contributed by atoms with van der Waals surface area (Å²) in [5.41, 5.74) is 2.10. The van der Waals surface area contributed by atoms with Gasteiger partial charge in [-0.2, -0.15) is 0 Å². The van der Waals surface area contributed by atoms with Gasteiger partial charge in [0.05, 0.1) is 5.75 Å². The van der Waals surface area contributed by atoms with Crippen LogP contribution in [0.5, 0.6) is 0 Å². The van der Waals surface area contributed by atoms with Crippen LogP contribution in [0.2, 0.25) is 5.02 Å². The van der Waals surface area contributed by atoms with Gasteiger partial charge in [0.15, 0.2) is 5.16 Å². The summed E-state index contributed by atoms with van der Waals surface area (Å²) >= 11 is 7.54. The molecule has 3 aromatic rings. The molecule has 4 rings (SSSR count). The molecule has 2 heterocycles. The summed E-state index contributed by atoms with van der Waals surface area (Å²) in [5, 5.41) is 10.3. The number of carbonyl (C=O) groups excluding carboxylic acids is 1. The molecule has 1 aliphatic heterocycles. The van der Waals surface area contributed by atoms with Gasteiger partial charge in [0.25, 0.3) is 0 Å². The lowest BCUT2D eigenvalue weighted by molar-refractivity contribution is -0.131. The monoisotopic (exact) mass is 440 g/mol. The number of benzene rings is 2. The molecule has 2 aromatic carbocycles. The number of hydrogen-bond acceptors (Lipinski definition) is 4. The molecule has 1 amide bonds. The first-order chi connectivity index (χ1) is 14.6. The third-order valence-corrected chi connectivity index (χ3v) is 6.60. The Labute approximate surface area is 186 Å². The third-order valence-electron chi connectivity index (χ3n) is 5.44. The van der Waals surface area contributed by atoms with E-state index in [1.165, 1.54) is 18.2 Å². The highest BCUT2D eigenvalue weighted by Crippen LogP contribution is 2.26. The summed E-state index contributed by atoms with van der Waals surface area (Å²) in [6.45, 7) is 2.99. The minimum atomic E-state index is 0.169. The lowest BCUT2D eigenvalue weighted by Gasteiger charge is -2.33. The van der Waals surface area contributed by atoms with Crippen LogP contribution in [0.1, 0.15) is 37.6 Å². The summed E-state index contributed by atoms with van der Waals surface area (Å²) < 4.78 is 2.03. The maximum Gasteiger partial charge on any atom is 0.233 e. The second-order valence-electron chi connectivity index (χ2n) is 7.59. The maximum atomic E-state index is 12.8. The van der Waals surface area contributed by atoms with Crippen LogP contribution < -0.4 is 0 Å². The van der Waals surface area contributed by atoms with Crippen molar-refractivity contribution in [2.75, 3.05) is 12.3 Å². The average molecular weight is 441 g/mol. The van der Waals surface area contributed by atoms with Gasteiger partial charge in [-0.3, -0.25) is 9.36 Å². The first kappa shape index (κ1) is 20.9. The number of carbonyl (C=O) groups is 1. The number of nitrogens with zero attached hydrogens (tertiary/aromatic N) is 4. The number of hydrogen-bond donors (Lipinski definition) is 0. The number of thioether (sulfide) groups is 1. The van der Waals surface area contributed by atoms with Gasteiger partial charge in [0.1, 0.15) is 5.82 Å². The smallest absolute Gasteiger partial charge is 0.233 e. The van der Waals surface area contributed by atoms with Crippen LogP contribution in [-0.2, 0) is 11.2 Å². The molecular formula is C23H25ClN4OS. The van der Waals surface area contributed by atoms with Crippen LogP contribution in [0.25, 0.3) is 5.69 Å². The first-order valence-electron chi connectivity index (χ1n) is 10.3. The van der Waals surface area contributed by atoms with Gasteiger partial charge in [-0.15, -0.1) is 10.2 Å². The van der Waals surface area contributed by atoms with E-state index in [1.807, 2.05) is 51.9 Å². The molecule has 1 atom stereocenters. The van der Waals surface area contributed by atoms with Crippen LogP contribution in [0.15, 0.2) is 59.8 Å². The largest absolute Gasteiger partial charge is 0.339 e. The van der Waals surface area contributed by atoms with Crippen LogP contribution in [0, 0.1) is 0 Å². The summed E-state index contributed by atoms with van der Waals surface area (Å²) in [6.07, 6.45) is 4.03. The molecule has 1 fully saturated rings. The Kier molecular flexibility index (Phi) is 6.75. The average Bonchev–Trinajstić information content (AvgIpc) is 3.16. The highest BCUT2D eigenvalue weighted by atomic mass is 35.5. The van der Waals surface area contributed by atoms with E-state index in [4.69, 9.17) is 11.6 Å². The third kappa shape index (κ3) is 4.87. The number of aromatic nitrogens is 3. The minimum Gasteiger partial charge on any atom is -0.339 e. The molecule has 156 valence electrons. The van der Waals surface area contributed by atoms with Crippen molar-refractivity contribution in [1.82, 2.24) is 19.7 Å². The van der Waals surface area contributed by atoms with Gasteiger partial charge in [-0.05, 0) is 56.0 Å². The molecule has 1 aromatic heterocycles. The van der Waals surface area contributed by atoms with Gasteiger partial charge < -0.3 is 4.90 Å². The number of amides is 1. The lowest BCUT2D eigenvalue weighted by atomic mass is 10.0. The number of piperidine rings is 1. The fraction of sp³-hybridized carbons (Fsp3) is 0.348. The van der Waals surface area contributed by atoms with Crippen molar-refractivity contribution in [1.29, 1.82) is 0 Å². The second kappa shape index (κ2) is 9.67. The quantitative estimate of drug-likeness (QED) is 0.506. The number of halogens is 1.